The van der Waals surface area contributed by atoms with Crippen LogP contribution < -0.4 is 5.56 Å². The predicted octanol–water partition coefficient (Wildman–Crippen LogP) is 4.50. The number of rotatable bonds is 5. The summed E-state index contributed by atoms with van der Waals surface area (Å²) < 4.78 is 6.82. The van der Waals surface area contributed by atoms with Crippen LogP contribution >= 0.6 is 23.1 Å². The average molecular weight is 409 g/mol. The van der Waals surface area contributed by atoms with Gasteiger partial charge < -0.3 is 4.42 Å². The Morgan fingerprint density at radius 1 is 1.18 bits per heavy atom. The third-order valence-corrected chi connectivity index (χ3v) is 6.98. The van der Waals surface area contributed by atoms with Gasteiger partial charge in [-0.05, 0) is 49.1 Å². The van der Waals surface area contributed by atoms with Gasteiger partial charge in [0, 0.05) is 4.88 Å². The minimum atomic E-state index is -0.127. The number of ketones is 1. The molecular formula is C21H16N2O3S2. The van der Waals surface area contributed by atoms with E-state index in [-0.39, 0.29) is 17.1 Å². The molecule has 1 aliphatic carbocycles. The number of aryl methyl sites for hydroxylation is 2. The van der Waals surface area contributed by atoms with E-state index in [0.717, 1.165) is 40.7 Å². The van der Waals surface area contributed by atoms with Crippen molar-refractivity contribution in [3.63, 3.8) is 0 Å². The van der Waals surface area contributed by atoms with E-state index in [4.69, 9.17) is 9.40 Å². The third-order valence-electron chi connectivity index (χ3n) is 4.85. The van der Waals surface area contributed by atoms with Crippen LogP contribution in [-0.4, -0.2) is 21.1 Å². The van der Waals surface area contributed by atoms with Gasteiger partial charge in [0.25, 0.3) is 5.56 Å². The number of furan rings is 1. The Bertz CT molecular complexity index is 1220. The van der Waals surface area contributed by atoms with Gasteiger partial charge in [-0.25, -0.2) is 4.98 Å². The maximum absolute atomic E-state index is 13.5. The fraction of sp³-hybridized carbons (Fsp3) is 0.190. The van der Waals surface area contributed by atoms with Gasteiger partial charge in [0.05, 0.1) is 23.1 Å². The van der Waals surface area contributed by atoms with E-state index in [0.29, 0.717) is 10.9 Å². The molecule has 1 aromatic carbocycles. The molecule has 0 radical (unpaired) electrons. The Kier molecular flexibility index (Phi) is 4.41. The quantitative estimate of drug-likeness (QED) is 0.276. The molecule has 4 aromatic rings. The number of carbonyl (C=O) groups excluding carboxylic acids is 1. The summed E-state index contributed by atoms with van der Waals surface area (Å²) in [7, 11) is 0. The Labute approximate surface area is 169 Å². The molecule has 0 amide bonds. The Morgan fingerprint density at radius 3 is 2.82 bits per heavy atom. The van der Waals surface area contributed by atoms with E-state index < -0.39 is 0 Å². The van der Waals surface area contributed by atoms with Gasteiger partial charge in [-0.1, -0.05) is 30.0 Å². The van der Waals surface area contributed by atoms with Gasteiger partial charge in [0.15, 0.2) is 10.9 Å². The summed E-state index contributed by atoms with van der Waals surface area (Å²) >= 11 is 2.88. The lowest BCUT2D eigenvalue weighted by Gasteiger charge is -2.12. The topological polar surface area (TPSA) is 65.1 Å². The molecule has 3 aromatic heterocycles. The molecule has 140 valence electrons. The standard InChI is InChI=1S/C21H16N2O3S2/c24-15(16-9-5-11-26-16)12-27-21-22-19-18(14-8-4-10-17(14)28-19)20(25)23(21)13-6-2-1-3-7-13/h1-3,5-7,9,11H,4,8,10,12H2. The first-order valence-corrected chi connectivity index (χ1v) is 10.8. The van der Waals surface area contributed by atoms with Crippen LogP contribution in [0.25, 0.3) is 15.9 Å². The number of Topliss-reactive ketones (excluding diaryl/α,β-unsaturated/α-hetero) is 1. The molecule has 0 N–H and O–H groups in total. The van der Waals surface area contributed by atoms with Crippen LogP contribution in [0.5, 0.6) is 0 Å². The van der Waals surface area contributed by atoms with Gasteiger partial charge >= 0.3 is 0 Å². The van der Waals surface area contributed by atoms with Crippen LogP contribution in [0.15, 0.2) is 63.1 Å². The highest BCUT2D eigenvalue weighted by Crippen LogP contribution is 2.36. The lowest BCUT2D eigenvalue weighted by Crippen LogP contribution is -2.22. The average Bonchev–Trinajstić information content (AvgIpc) is 3.44. The highest BCUT2D eigenvalue weighted by atomic mass is 32.2. The van der Waals surface area contributed by atoms with Crippen molar-refractivity contribution in [3.05, 3.63) is 75.3 Å². The lowest BCUT2D eigenvalue weighted by molar-refractivity contribution is 0.0992. The van der Waals surface area contributed by atoms with Crippen molar-refractivity contribution in [2.24, 2.45) is 0 Å². The van der Waals surface area contributed by atoms with E-state index in [1.807, 2.05) is 30.3 Å². The van der Waals surface area contributed by atoms with Crippen LogP contribution in [0.4, 0.5) is 0 Å². The SMILES string of the molecule is O=C(CSc1nc2sc3c(c2c(=O)n1-c1ccccc1)CCC3)c1ccco1. The highest BCUT2D eigenvalue weighted by molar-refractivity contribution is 7.99. The second-order valence-corrected chi connectivity index (χ2v) is 8.62. The number of benzene rings is 1. The van der Waals surface area contributed by atoms with Crippen LogP contribution in [0, 0.1) is 0 Å². The second kappa shape index (κ2) is 7.07. The lowest BCUT2D eigenvalue weighted by atomic mass is 10.2. The summed E-state index contributed by atoms with van der Waals surface area (Å²) in [6.45, 7) is 0. The normalized spacial score (nSPS) is 13.1. The van der Waals surface area contributed by atoms with Gasteiger partial charge in [0.1, 0.15) is 4.83 Å². The molecule has 5 rings (SSSR count). The number of para-hydroxylation sites is 1. The number of thiophene rings is 1. The minimum Gasteiger partial charge on any atom is -0.461 e. The van der Waals surface area contributed by atoms with Gasteiger partial charge in [-0.3, -0.25) is 14.2 Å². The highest BCUT2D eigenvalue weighted by Gasteiger charge is 2.24. The number of fused-ring (bicyclic) bond motifs is 3. The molecule has 1 aliphatic rings. The molecule has 0 unspecified atom stereocenters. The maximum atomic E-state index is 13.5. The van der Waals surface area contributed by atoms with E-state index in [1.165, 1.54) is 22.9 Å². The Morgan fingerprint density at radius 2 is 2.04 bits per heavy atom. The number of carbonyl (C=O) groups is 1. The molecule has 0 aliphatic heterocycles. The summed E-state index contributed by atoms with van der Waals surface area (Å²) in [6.07, 6.45) is 4.52. The monoisotopic (exact) mass is 408 g/mol. The van der Waals surface area contributed by atoms with Crippen molar-refractivity contribution in [1.29, 1.82) is 0 Å². The number of hydrogen-bond donors (Lipinski definition) is 0. The number of aromatic nitrogens is 2. The van der Waals surface area contributed by atoms with Gasteiger partial charge in [-0.2, -0.15) is 0 Å². The van der Waals surface area contributed by atoms with Crippen molar-refractivity contribution in [3.8, 4) is 5.69 Å². The molecule has 7 heteroatoms. The zero-order valence-corrected chi connectivity index (χ0v) is 16.5. The van der Waals surface area contributed by atoms with Crippen molar-refractivity contribution < 1.29 is 9.21 Å². The fourth-order valence-corrected chi connectivity index (χ4v) is 5.75. The summed E-state index contributed by atoms with van der Waals surface area (Å²) in [4.78, 5) is 32.7. The van der Waals surface area contributed by atoms with Crippen LogP contribution in [-0.2, 0) is 12.8 Å². The maximum Gasteiger partial charge on any atom is 0.267 e. The van der Waals surface area contributed by atoms with Crippen molar-refractivity contribution in [1.82, 2.24) is 9.55 Å². The Balaban J connectivity index is 1.63. The third kappa shape index (κ3) is 2.91. The first-order chi connectivity index (χ1) is 13.7. The van der Waals surface area contributed by atoms with Crippen molar-refractivity contribution in [2.45, 2.75) is 24.4 Å². The molecule has 0 bridgehead atoms. The number of nitrogens with zero attached hydrogens (tertiary/aromatic N) is 2. The zero-order chi connectivity index (χ0) is 19.1. The van der Waals surface area contributed by atoms with Crippen LogP contribution in [0.2, 0.25) is 0 Å². The predicted molar refractivity (Wildman–Crippen MR) is 111 cm³/mol. The molecule has 3 heterocycles. The van der Waals surface area contributed by atoms with E-state index >= 15 is 0 Å². The van der Waals surface area contributed by atoms with Crippen LogP contribution in [0.1, 0.15) is 27.4 Å². The smallest absolute Gasteiger partial charge is 0.267 e. The molecule has 28 heavy (non-hydrogen) atoms. The number of thioether (sulfide) groups is 1. The molecule has 0 atom stereocenters. The molecule has 5 nitrogen and oxygen atoms in total. The second-order valence-electron chi connectivity index (χ2n) is 6.60. The zero-order valence-electron chi connectivity index (χ0n) is 14.9. The van der Waals surface area contributed by atoms with E-state index in [1.54, 1.807) is 28.0 Å². The first kappa shape index (κ1) is 17.5. The van der Waals surface area contributed by atoms with Crippen LogP contribution in [0.3, 0.4) is 0 Å². The summed E-state index contributed by atoms with van der Waals surface area (Å²) in [6, 6.07) is 12.8. The van der Waals surface area contributed by atoms with Gasteiger partial charge in [-0.15, -0.1) is 11.3 Å². The number of hydrogen-bond acceptors (Lipinski definition) is 6. The molecular weight excluding hydrogens is 392 g/mol. The summed E-state index contributed by atoms with van der Waals surface area (Å²) in [5.74, 6) is 0.346. The largest absolute Gasteiger partial charge is 0.461 e. The molecule has 0 fully saturated rings. The molecule has 0 spiro atoms. The van der Waals surface area contributed by atoms with Crippen molar-refractivity contribution >= 4 is 39.1 Å². The van der Waals surface area contributed by atoms with E-state index in [9.17, 15) is 9.59 Å². The summed E-state index contributed by atoms with van der Waals surface area (Å²) in [5.41, 5.74) is 1.86. The molecule has 0 saturated carbocycles. The van der Waals surface area contributed by atoms with Crippen molar-refractivity contribution in [2.75, 3.05) is 5.75 Å². The first-order valence-electron chi connectivity index (χ1n) is 9.04. The van der Waals surface area contributed by atoms with E-state index in [2.05, 4.69) is 0 Å². The Hall–Kier alpha value is -2.64. The summed E-state index contributed by atoms with van der Waals surface area (Å²) in [5, 5.41) is 1.27. The minimum absolute atomic E-state index is 0.0523. The molecule has 0 saturated heterocycles. The fourth-order valence-electron chi connectivity index (χ4n) is 3.56. The van der Waals surface area contributed by atoms with Gasteiger partial charge in [0.2, 0.25) is 5.78 Å².